The van der Waals surface area contributed by atoms with E-state index in [1.807, 2.05) is 11.7 Å². The fourth-order valence-electron chi connectivity index (χ4n) is 1.61. The first-order chi connectivity index (χ1) is 6.18. The van der Waals surface area contributed by atoms with E-state index in [0.717, 1.165) is 18.3 Å². The molecule has 2 rings (SSSR count). The number of aromatic nitrogens is 2. The van der Waals surface area contributed by atoms with E-state index in [1.54, 1.807) is 0 Å². The van der Waals surface area contributed by atoms with Crippen molar-refractivity contribution in [3.63, 3.8) is 0 Å². The van der Waals surface area contributed by atoms with Gasteiger partial charge in [-0.1, -0.05) is 0 Å². The van der Waals surface area contributed by atoms with Crippen molar-refractivity contribution in [1.29, 1.82) is 0 Å². The maximum absolute atomic E-state index is 4.39. The minimum absolute atomic E-state index is 0.777. The van der Waals surface area contributed by atoms with E-state index in [4.69, 9.17) is 0 Å². The summed E-state index contributed by atoms with van der Waals surface area (Å²) in [6.45, 7) is 5.19. The van der Waals surface area contributed by atoms with E-state index in [1.165, 1.54) is 24.1 Å². The van der Waals surface area contributed by atoms with Gasteiger partial charge < -0.3 is 5.32 Å². The zero-order chi connectivity index (χ0) is 9.42. The maximum Gasteiger partial charge on any atom is 0.0641 e. The van der Waals surface area contributed by atoms with Crippen LogP contribution in [0, 0.1) is 13.8 Å². The Balaban J connectivity index is 2.08. The second kappa shape index (κ2) is 3.14. The number of nitrogens with zero attached hydrogens (tertiary/aromatic N) is 2. The summed E-state index contributed by atoms with van der Waals surface area (Å²) in [5, 5.41) is 7.90. The third-order valence-corrected chi connectivity index (χ3v) is 2.80. The standard InChI is InChI=1S/C10H17N3/c1-7-10(6-11-9-4-5-9)8(2)13(3)12-7/h9,11H,4-6H2,1-3H3. The Morgan fingerprint density at radius 2 is 2.15 bits per heavy atom. The average Bonchev–Trinajstić information content (AvgIpc) is 2.84. The van der Waals surface area contributed by atoms with Crippen LogP contribution < -0.4 is 5.32 Å². The highest BCUT2D eigenvalue weighted by Gasteiger charge is 2.21. The molecule has 0 saturated heterocycles. The minimum Gasteiger partial charge on any atom is -0.310 e. The average molecular weight is 179 g/mol. The lowest BCUT2D eigenvalue weighted by Gasteiger charge is -2.02. The van der Waals surface area contributed by atoms with Crippen LogP contribution in [0.5, 0.6) is 0 Å². The van der Waals surface area contributed by atoms with Crippen molar-refractivity contribution in [3.8, 4) is 0 Å². The Bertz CT molecular complexity index is 310. The smallest absolute Gasteiger partial charge is 0.0641 e. The van der Waals surface area contributed by atoms with E-state index >= 15 is 0 Å². The van der Waals surface area contributed by atoms with Gasteiger partial charge in [-0.05, 0) is 26.7 Å². The van der Waals surface area contributed by atoms with Gasteiger partial charge in [-0.25, -0.2) is 0 Å². The fraction of sp³-hybridized carbons (Fsp3) is 0.700. The molecule has 1 fully saturated rings. The summed E-state index contributed by atoms with van der Waals surface area (Å²) in [5.41, 5.74) is 3.81. The number of rotatable bonds is 3. The summed E-state index contributed by atoms with van der Waals surface area (Å²) >= 11 is 0. The third-order valence-electron chi connectivity index (χ3n) is 2.80. The predicted octanol–water partition coefficient (Wildman–Crippen LogP) is 1.29. The first-order valence-corrected chi connectivity index (χ1v) is 4.91. The summed E-state index contributed by atoms with van der Waals surface area (Å²) in [5.74, 6) is 0. The zero-order valence-electron chi connectivity index (χ0n) is 8.59. The quantitative estimate of drug-likeness (QED) is 0.757. The van der Waals surface area contributed by atoms with Gasteiger partial charge in [0.2, 0.25) is 0 Å². The lowest BCUT2D eigenvalue weighted by molar-refractivity contribution is 0.679. The van der Waals surface area contributed by atoms with Gasteiger partial charge in [-0.15, -0.1) is 0 Å². The molecule has 0 radical (unpaired) electrons. The predicted molar refractivity (Wildman–Crippen MR) is 52.5 cm³/mol. The molecular weight excluding hydrogens is 162 g/mol. The number of aryl methyl sites for hydroxylation is 2. The van der Waals surface area contributed by atoms with Crippen LogP contribution in [0.2, 0.25) is 0 Å². The van der Waals surface area contributed by atoms with Gasteiger partial charge in [0.15, 0.2) is 0 Å². The van der Waals surface area contributed by atoms with Gasteiger partial charge >= 0.3 is 0 Å². The molecule has 1 aromatic rings. The Labute approximate surface area is 79.1 Å². The van der Waals surface area contributed by atoms with Gasteiger partial charge in [-0.2, -0.15) is 5.10 Å². The Morgan fingerprint density at radius 1 is 1.46 bits per heavy atom. The van der Waals surface area contributed by atoms with Crippen molar-refractivity contribution >= 4 is 0 Å². The molecule has 1 aromatic heterocycles. The molecule has 3 heteroatoms. The molecule has 0 aliphatic heterocycles. The fourth-order valence-corrected chi connectivity index (χ4v) is 1.61. The normalized spacial score (nSPS) is 16.5. The van der Waals surface area contributed by atoms with E-state index in [9.17, 15) is 0 Å². The summed E-state index contributed by atoms with van der Waals surface area (Å²) in [6.07, 6.45) is 2.69. The molecule has 13 heavy (non-hydrogen) atoms. The number of nitrogens with one attached hydrogen (secondary N) is 1. The molecule has 0 aromatic carbocycles. The first-order valence-electron chi connectivity index (χ1n) is 4.91. The van der Waals surface area contributed by atoms with Crippen LogP contribution in [0.1, 0.15) is 29.8 Å². The van der Waals surface area contributed by atoms with Crippen molar-refractivity contribution in [3.05, 3.63) is 17.0 Å². The molecule has 1 N–H and O–H groups in total. The second-order valence-electron chi connectivity index (χ2n) is 3.93. The second-order valence-corrected chi connectivity index (χ2v) is 3.93. The molecular formula is C10H17N3. The minimum atomic E-state index is 0.777. The summed E-state index contributed by atoms with van der Waals surface area (Å²) < 4.78 is 1.96. The van der Waals surface area contributed by atoms with Gasteiger partial charge in [0, 0.05) is 30.9 Å². The van der Waals surface area contributed by atoms with E-state index in [2.05, 4.69) is 24.3 Å². The number of hydrogen-bond acceptors (Lipinski definition) is 2. The zero-order valence-corrected chi connectivity index (χ0v) is 8.59. The summed E-state index contributed by atoms with van der Waals surface area (Å²) in [6, 6.07) is 0.777. The van der Waals surface area contributed by atoms with E-state index < -0.39 is 0 Å². The van der Waals surface area contributed by atoms with E-state index in [0.29, 0.717) is 0 Å². The highest BCUT2D eigenvalue weighted by molar-refractivity contribution is 5.24. The molecule has 0 atom stereocenters. The van der Waals surface area contributed by atoms with Crippen LogP contribution in [-0.4, -0.2) is 15.8 Å². The lowest BCUT2D eigenvalue weighted by atomic mass is 10.2. The van der Waals surface area contributed by atoms with Crippen molar-refractivity contribution < 1.29 is 0 Å². The molecule has 1 aliphatic rings. The monoisotopic (exact) mass is 179 g/mol. The van der Waals surface area contributed by atoms with Crippen molar-refractivity contribution in [2.45, 2.75) is 39.3 Å². The first kappa shape index (κ1) is 8.75. The van der Waals surface area contributed by atoms with Gasteiger partial charge in [-0.3, -0.25) is 4.68 Å². The molecule has 3 nitrogen and oxygen atoms in total. The molecule has 1 heterocycles. The largest absolute Gasteiger partial charge is 0.310 e. The van der Waals surface area contributed by atoms with Crippen LogP contribution in [0.25, 0.3) is 0 Å². The van der Waals surface area contributed by atoms with Crippen molar-refractivity contribution in [2.24, 2.45) is 7.05 Å². The van der Waals surface area contributed by atoms with Crippen LogP contribution in [0.15, 0.2) is 0 Å². The van der Waals surface area contributed by atoms with E-state index in [-0.39, 0.29) is 0 Å². The van der Waals surface area contributed by atoms with Crippen LogP contribution in [-0.2, 0) is 13.6 Å². The SMILES string of the molecule is Cc1nn(C)c(C)c1CNC1CC1. The lowest BCUT2D eigenvalue weighted by Crippen LogP contribution is -2.16. The Morgan fingerprint density at radius 3 is 2.62 bits per heavy atom. The maximum atomic E-state index is 4.39. The highest BCUT2D eigenvalue weighted by Crippen LogP contribution is 2.20. The van der Waals surface area contributed by atoms with Crippen LogP contribution in [0.3, 0.4) is 0 Å². The van der Waals surface area contributed by atoms with Gasteiger partial charge in [0.1, 0.15) is 0 Å². The van der Waals surface area contributed by atoms with Gasteiger partial charge in [0.05, 0.1) is 5.69 Å². The Kier molecular flexibility index (Phi) is 2.12. The third kappa shape index (κ3) is 1.75. The molecule has 1 saturated carbocycles. The molecule has 0 spiro atoms. The topological polar surface area (TPSA) is 29.9 Å². The van der Waals surface area contributed by atoms with Crippen molar-refractivity contribution in [1.82, 2.24) is 15.1 Å². The van der Waals surface area contributed by atoms with Crippen LogP contribution in [0.4, 0.5) is 0 Å². The summed E-state index contributed by atoms with van der Waals surface area (Å²) in [4.78, 5) is 0. The Hall–Kier alpha value is -0.830. The molecule has 1 aliphatic carbocycles. The number of hydrogen-bond donors (Lipinski definition) is 1. The molecule has 0 bridgehead atoms. The van der Waals surface area contributed by atoms with Crippen LogP contribution >= 0.6 is 0 Å². The molecule has 72 valence electrons. The highest BCUT2D eigenvalue weighted by atomic mass is 15.3. The molecule has 0 amide bonds. The molecule has 0 unspecified atom stereocenters. The summed E-state index contributed by atoms with van der Waals surface area (Å²) in [7, 11) is 2.00. The van der Waals surface area contributed by atoms with Crippen molar-refractivity contribution in [2.75, 3.05) is 0 Å². The van der Waals surface area contributed by atoms with Gasteiger partial charge in [0.25, 0.3) is 0 Å².